The van der Waals surface area contributed by atoms with Gasteiger partial charge in [-0.1, -0.05) is 6.07 Å². The summed E-state index contributed by atoms with van der Waals surface area (Å²) in [7, 11) is 0. The first-order valence-corrected chi connectivity index (χ1v) is 6.23. The monoisotopic (exact) mass is 259 g/mol. The van der Waals surface area contributed by atoms with Crippen molar-refractivity contribution in [3.8, 4) is 6.07 Å². The molecular weight excluding hydrogens is 242 g/mol. The summed E-state index contributed by atoms with van der Waals surface area (Å²) in [5, 5.41) is 21.4. The van der Waals surface area contributed by atoms with Crippen molar-refractivity contribution in [2.75, 3.05) is 25.0 Å². The van der Waals surface area contributed by atoms with E-state index >= 15 is 0 Å². The summed E-state index contributed by atoms with van der Waals surface area (Å²) in [5.41, 5.74) is 0.443. The predicted molar refractivity (Wildman–Crippen MR) is 71.5 cm³/mol. The van der Waals surface area contributed by atoms with E-state index in [-0.39, 0.29) is 12.5 Å². The van der Waals surface area contributed by atoms with Gasteiger partial charge in [-0.05, 0) is 31.5 Å². The molecule has 100 valence electrons. The molecule has 2 rings (SSSR count). The van der Waals surface area contributed by atoms with Gasteiger partial charge in [-0.15, -0.1) is 0 Å². The molecule has 1 aromatic rings. The predicted octanol–water partition coefficient (Wildman–Crippen LogP) is 0.953. The van der Waals surface area contributed by atoms with Crippen LogP contribution < -0.4 is 5.32 Å². The number of β-amino-alcohol motifs (C(OH)–C–C–N with tert-alkyl or cyclic N) is 1. The van der Waals surface area contributed by atoms with Gasteiger partial charge in [0.25, 0.3) is 0 Å². The maximum atomic E-state index is 11.9. The largest absolute Gasteiger partial charge is 0.389 e. The van der Waals surface area contributed by atoms with Crippen molar-refractivity contribution in [1.29, 1.82) is 5.26 Å². The summed E-state index contributed by atoms with van der Waals surface area (Å²) in [6.07, 6.45) is 0.685. The number of hydrogen-bond donors (Lipinski definition) is 2. The van der Waals surface area contributed by atoms with E-state index in [1.807, 2.05) is 11.0 Å². The first kappa shape index (κ1) is 13.5. The van der Waals surface area contributed by atoms with Crippen LogP contribution in [0.2, 0.25) is 0 Å². The Morgan fingerprint density at radius 1 is 1.63 bits per heavy atom. The summed E-state index contributed by atoms with van der Waals surface area (Å²) in [5.74, 6) is -0.132. The highest BCUT2D eigenvalue weighted by Crippen LogP contribution is 2.19. The Kier molecular flexibility index (Phi) is 3.84. The van der Waals surface area contributed by atoms with Gasteiger partial charge in [-0.2, -0.15) is 5.26 Å². The Balaban J connectivity index is 1.90. The molecule has 0 aromatic heterocycles. The minimum absolute atomic E-state index is 0.132. The Labute approximate surface area is 112 Å². The quantitative estimate of drug-likeness (QED) is 0.847. The highest BCUT2D eigenvalue weighted by atomic mass is 16.3. The number of carbonyl (C=O) groups is 1. The molecule has 1 fully saturated rings. The van der Waals surface area contributed by atoms with Crippen molar-refractivity contribution in [2.24, 2.45) is 0 Å². The molecule has 1 atom stereocenters. The van der Waals surface area contributed by atoms with Crippen LogP contribution in [0.4, 0.5) is 5.69 Å². The average molecular weight is 259 g/mol. The molecule has 1 aliphatic heterocycles. The maximum absolute atomic E-state index is 11.9. The molecule has 1 unspecified atom stereocenters. The van der Waals surface area contributed by atoms with Crippen LogP contribution in [0.3, 0.4) is 0 Å². The molecule has 1 aromatic carbocycles. The summed E-state index contributed by atoms with van der Waals surface area (Å²) >= 11 is 0. The fourth-order valence-electron chi connectivity index (χ4n) is 2.24. The normalized spacial score (nSPS) is 23.0. The number of nitriles is 1. The van der Waals surface area contributed by atoms with Crippen LogP contribution in [0.5, 0.6) is 0 Å². The third kappa shape index (κ3) is 3.78. The number of nitrogens with one attached hydrogen (secondary N) is 1. The van der Waals surface area contributed by atoms with Crippen molar-refractivity contribution >= 4 is 11.6 Å². The number of benzene rings is 1. The number of aliphatic hydroxyl groups is 1. The third-order valence-electron chi connectivity index (χ3n) is 3.17. The zero-order valence-corrected chi connectivity index (χ0v) is 10.9. The number of carbonyl (C=O) groups excluding carboxylic acids is 1. The maximum Gasteiger partial charge on any atom is 0.238 e. The molecule has 0 saturated carbocycles. The van der Waals surface area contributed by atoms with Crippen LogP contribution in [-0.2, 0) is 4.79 Å². The molecule has 0 aliphatic carbocycles. The fourth-order valence-corrected chi connectivity index (χ4v) is 2.24. The lowest BCUT2D eigenvalue weighted by Crippen LogP contribution is -2.35. The van der Waals surface area contributed by atoms with Gasteiger partial charge in [0.1, 0.15) is 0 Å². The number of nitrogens with zero attached hydrogens (tertiary/aromatic N) is 2. The van der Waals surface area contributed by atoms with E-state index in [1.165, 1.54) is 0 Å². The van der Waals surface area contributed by atoms with Crippen molar-refractivity contribution < 1.29 is 9.90 Å². The number of likely N-dealkylation sites (tertiary alicyclic amines) is 1. The molecule has 1 aliphatic rings. The van der Waals surface area contributed by atoms with E-state index in [9.17, 15) is 9.90 Å². The van der Waals surface area contributed by atoms with Crippen LogP contribution in [0, 0.1) is 11.3 Å². The molecule has 0 radical (unpaired) electrons. The molecule has 0 spiro atoms. The van der Waals surface area contributed by atoms with Gasteiger partial charge in [0, 0.05) is 18.8 Å². The number of anilines is 1. The zero-order chi connectivity index (χ0) is 13.9. The molecule has 2 N–H and O–H groups in total. The fraction of sp³-hybridized carbons (Fsp3) is 0.429. The molecule has 1 amide bonds. The number of amides is 1. The van der Waals surface area contributed by atoms with Gasteiger partial charge < -0.3 is 10.4 Å². The first-order valence-electron chi connectivity index (χ1n) is 6.23. The third-order valence-corrected chi connectivity index (χ3v) is 3.17. The van der Waals surface area contributed by atoms with Crippen molar-refractivity contribution in [2.45, 2.75) is 18.9 Å². The van der Waals surface area contributed by atoms with Gasteiger partial charge in [0.2, 0.25) is 5.91 Å². The van der Waals surface area contributed by atoms with Crippen molar-refractivity contribution in [3.63, 3.8) is 0 Å². The van der Waals surface area contributed by atoms with Crippen LogP contribution in [-0.4, -0.2) is 41.1 Å². The van der Waals surface area contributed by atoms with E-state index in [1.54, 1.807) is 31.2 Å². The molecule has 1 heterocycles. The van der Waals surface area contributed by atoms with Crippen LogP contribution in [0.15, 0.2) is 24.3 Å². The van der Waals surface area contributed by atoms with Gasteiger partial charge in [-0.25, -0.2) is 0 Å². The molecular formula is C14H17N3O2. The molecule has 19 heavy (non-hydrogen) atoms. The topological polar surface area (TPSA) is 76.4 Å². The number of rotatable bonds is 3. The summed E-state index contributed by atoms with van der Waals surface area (Å²) < 4.78 is 0. The highest BCUT2D eigenvalue weighted by Gasteiger charge is 2.31. The van der Waals surface area contributed by atoms with E-state index < -0.39 is 5.60 Å². The van der Waals surface area contributed by atoms with Crippen molar-refractivity contribution in [3.05, 3.63) is 29.8 Å². The average Bonchev–Trinajstić information content (AvgIpc) is 2.68. The van der Waals surface area contributed by atoms with Gasteiger partial charge in [0.15, 0.2) is 0 Å². The molecule has 5 nitrogen and oxygen atoms in total. The second-order valence-corrected chi connectivity index (χ2v) is 5.20. The molecule has 1 saturated heterocycles. The van der Waals surface area contributed by atoms with Gasteiger partial charge in [0.05, 0.1) is 23.8 Å². The summed E-state index contributed by atoms with van der Waals surface area (Å²) in [6.45, 7) is 3.27. The minimum Gasteiger partial charge on any atom is -0.389 e. The number of hydrogen-bond acceptors (Lipinski definition) is 4. The van der Waals surface area contributed by atoms with E-state index in [0.717, 1.165) is 6.54 Å². The van der Waals surface area contributed by atoms with E-state index in [2.05, 4.69) is 5.32 Å². The summed E-state index contributed by atoms with van der Waals surface area (Å²) in [4.78, 5) is 13.8. The molecule has 5 heteroatoms. The zero-order valence-electron chi connectivity index (χ0n) is 10.9. The summed E-state index contributed by atoms with van der Waals surface area (Å²) in [6, 6.07) is 8.83. The standard InChI is InChI=1S/C14H17N3O2/c1-14(19)5-6-17(10-14)9-13(18)16-12-4-2-3-11(7-12)8-15/h2-4,7,19H,5-6,9-10H2,1H3,(H,16,18). The second kappa shape index (κ2) is 5.39. The highest BCUT2D eigenvalue weighted by molar-refractivity contribution is 5.92. The first-order chi connectivity index (χ1) is 8.98. The Morgan fingerprint density at radius 2 is 2.42 bits per heavy atom. The molecule has 0 bridgehead atoms. The Morgan fingerprint density at radius 3 is 3.05 bits per heavy atom. The second-order valence-electron chi connectivity index (χ2n) is 5.20. The van der Waals surface area contributed by atoms with Gasteiger partial charge in [-0.3, -0.25) is 9.69 Å². The van der Waals surface area contributed by atoms with Crippen LogP contribution >= 0.6 is 0 Å². The van der Waals surface area contributed by atoms with Crippen molar-refractivity contribution in [1.82, 2.24) is 4.90 Å². The van der Waals surface area contributed by atoms with Gasteiger partial charge >= 0.3 is 0 Å². The van der Waals surface area contributed by atoms with Crippen LogP contribution in [0.1, 0.15) is 18.9 Å². The van der Waals surface area contributed by atoms with E-state index in [0.29, 0.717) is 24.2 Å². The lowest BCUT2D eigenvalue weighted by Gasteiger charge is -2.18. The van der Waals surface area contributed by atoms with Crippen LogP contribution in [0.25, 0.3) is 0 Å². The smallest absolute Gasteiger partial charge is 0.238 e. The lowest BCUT2D eigenvalue weighted by molar-refractivity contribution is -0.117. The van der Waals surface area contributed by atoms with E-state index in [4.69, 9.17) is 5.26 Å². The lowest BCUT2D eigenvalue weighted by atomic mass is 10.1. The SMILES string of the molecule is CC1(O)CCN(CC(=O)Nc2cccc(C#N)c2)C1. The minimum atomic E-state index is -0.693. The Bertz CT molecular complexity index is 520. The Hall–Kier alpha value is -1.90.